The summed E-state index contributed by atoms with van der Waals surface area (Å²) in [5, 5.41) is 2.67. The molecule has 0 aliphatic rings. The van der Waals surface area contributed by atoms with Crippen LogP contribution in [0.4, 0.5) is 5.69 Å². The van der Waals surface area contributed by atoms with Crippen molar-refractivity contribution >= 4 is 23.5 Å². The van der Waals surface area contributed by atoms with Gasteiger partial charge >= 0.3 is 5.97 Å². The van der Waals surface area contributed by atoms with Crippen LogP contribution < -0.4 is 5.32 Å². The number of benzene rings is 2. The molecule has 0 atom stereocenters. The number of rotatable bonds is 8. The molecule has 1 heterocycles. The maximum Gasteiger partial charge on any atom is 0.338 e. The maximum atomic E-state index is 12.6. The molecule has 7 nitrogen and oxygen atoms in total. The van der Waals surface area contributed by atoms with Gasteiger partial charge in [0.05, 0.1) is 11.8 Å². The molecule has 0 saturated heterocycles. The van der Waals surface area contributed by atoms with Crippen LogP contribution >= 0.6 is 0 Å². The molecule has 0 radical (unpaired) electrons. The summed E-state index contributed by atoms with van der Waals surface area (Å²) < 4.78 is 10.2. The average molecular weight is 420 g/mol. The van der Waals surface area contributed by atoms with Gasteiger partial charge in [0.2, 0.25) is 0 Å². The molecule has 31 heavy (non-hydrogen) atoms. The SMILES string of the molecule is CC(C)N(Cc1ccccc1)C(=O)COC(=O)c1ccc(NC(=O)c2ccco2)cc1. The smallest absolute Gasteiger partial charge is 0.338 e. The van der Waals surface area contributed by atoms with Crippen molar-refractivity contribution in [2.24, 2.45) is 0 Å². The summed E-state index contributed by atoms with van der Waals surface area (Å²) in [5.41, 5.74) is 1.79. The number of carbonyl (C=O) groups excluding carboxylic acids is 3. The number of amides is 2. The highest BCUT2D eigenvalue weighted by molar-refractivity contribution is 6.02. The van der Waals surface area contributed by atoms with E-state index in [0.717, 1.165) is 5.56 Å². The summed E-state index contributed by atoms with van der Waals surface area (Å²) in [6.45, 7) is 3.93. The van der Waals surface area contributed by atoms with Crippen LogP contribution in [0.3, 0.4) is 0 Å². The molecular formula is C24H24N2O5. The molecule has 160 valence electrons. The number of ether oxygens (including phenoxy) is 1. The minimum atomic E-state index is -0.610. The second-order valence-corrected chi connectivity index (χ2v) is 7.19. The lowest BCUT2D eigenvalue weighted by Crippen LogP contribution is -2.39. The summed E-state index contributed by atoms with van der Waals surface area (Å²) in [5.74, 6) is -1.08. The molecule has 7 heteroatoms. The van der Waals surface area contributed by atoms with E-state index >= 15 is 0 Å². The largest absolute Gasteiger partial charge is 0.459 e. The lowest BCUT2D eigenvalue weighted by Gasteiger charge is -2.26. The van der Waals surface area contributed by atoms with Gasteiger partial charge in [-0.3, -0.25) is 9.59 Å². The Morgan fingerprint density at radius 2 is 1.68 bits per heavy atom. The molecule has 0 aliphatic carbocycles. The Bertz CT molecular complexity index is 1010. The highest BCUT2D eigenvalue weighted by Gasteiger charge is 2.19. The number of hydrogen-bond acceptors (Lipinski definition) is 5. The van der Waals surface area contributed by atoms with Crippen LogP contribution in [0.15, 0.2) is 77.4 Å². The predicted molar refractivity (Wildman–Crippen MR) is 116 cm³/mol. The lowest BCUT2D eigenvalue weighted by atomic mass is 10.2. The monoisotopic (exact) mass is 420 g/mol. The molecule has 2 amide bonds. The second kappa shape index (κ2) is 10.2. The Kier molecular flexibility index (Phi) is 7.22. The van der Waals surface area contributed by atoms with Crippen molar-refractivity contribution in [1.29, 1.82) is 0 Å². The number of furan rings is 1. The van der Waals surface area contributed by atoms with Gasteiger partial charge in [-0.15, -0.1) is 0 Å². The Labute approximate surface area is 180 Å². The van der Waals surface area contributed by atoms with Gasteiger partial charge in [0.25, 0.3) is 11.8 Å². The van der Waals surface area contributed by atoms with Crippen LogP contribution in [-0.2, 0) is 16.1 Å². The fraction of sp³-hybridized carbons (Fsp3) is 0.208. The molecule has 1 aromatic heterocycles. The highest BCUT2D eigenvalue weighted by Crippen LogP contribution is 2.13. The van der Waals surface area contributed by atoms with E-state index < -0.39 is 11.9 Å². The molecule has 0 aliphatic heterocycles. The van der Waals surface area contributed by atoms with Crippen LogP contribution in [0.1, 0.15) is 40.3 Å². The predicted octanol–water partition coefficient (Wildman–Crippen LogP) is 4.13. The van der Waals surface area contributed by atoms with Crippen molar-refractivity contribution < 1.29 is 23.5 Å². The lowest BCUT2D eigenvalue weighted by molar-refractivity contribution is -0.136. The summed E-state index contributed by atoms with van der Waals surface area (Å²) in [6.07, 6.45) is 1.41. The Hall–Kier alpha value is -3.87. The summed E-state index contributed by atoms with van der Waals surface area (Å²) in [7, 11) is 0. The molecule has 3 aromatic rings. The highest BCUT2D eigenvalue weighted by atomic mass is 16.5. The van der Waals surface area contributed by atoms with E-state index in [1.807, 2.05) is 44.2 Å². The number of nitrogens with zero attached hydrogens (tertiary/aromatic N) is 1. The van der Waals surface area contributed by atoms with Crippen molar-refractivity contribution in [3.63, 3.8) is 0 Å². The molecule has 0 unspecified atom stereocenters. The van der Waals surface area contributed by atoms with Gasteiger partial charge in [0.15, 0.2) is 12.4 Å². The van der Waals surface area contributed by atoms with Gasteiger partial charge in [-0.2, -0.15) is 0 Å². The van der Waals surface area contributed by atoms with E-state index in [-0.39, 0.29) is 29.9 Å². The van der Waals surface area contributed by atoms with Crippen LogP contribution in [0.25, 0.3) is 0 Å². The van der Waals surface area contributed by atoms with Crippen molar-refractivity contribution in [1.82, 2.24) is 4.90 Å². The molecule has 1 N–H and O–H groups in total. The Morgan fingerprint density at radius 3 is 2.29 bits per heavy atom. The molecule has 0 bridgehead atoms. The summed E-state index contributed by atoms with van der Waals surface area (Å²) in [6, 6.07) is 19.0. The molecule has 0 saturated carbocycles. The number of hydrogen-bond donors (Lipinski definition) is 1. The number of anilines is 1. The van der Waals surface area contributed by atoms with Crippen LogP contribution in [0, 0.1) is 0 Å². The van der Waals surface area contributed by atoms with Gasteiger partial charge < -0.3 is 19.4 Å². The van der Waals surface area contributed by atoms with E-state index in [0.29, 0.717) is 12.2 Å². The van der Waals surface area contributed by atoms with Gasteiger partial charge in [0, 0.05) is 18.3 Å². The van der Waals surface area contributed by atoms with Crippen molar-refractivity contribution in [3.8, 4) is 0 Å². The van der Waals surface area contributed by atoms with Crippen molar-refractivity contribution in [3.05, 3.63) is 89.9 Å². The first-order valence-corrected chi connectivity index (χ1v) is 9.89. The first kappa shape index (κ1) is 21.8. The van der Waals surface area contributed by atoms with E-state index in [2.05, 4.69) is 5.32 Å². The number of carbonyl (C=O) groups is 3. The zero-order valence-electron chi connectivity index (χ0n) is 17.4. The zero-order chi connectivity index (χ0) is 22.2. The Balaban J connectivity index is 1.54. The standard InChI is InChI=1S/C24H24N2O5/c1-17(2)26(15-18-7-4-3-5-8-18)22(27)16-31-24(29)19-10-12-20(13-11-19)25-23(28)21-9-6-14-30-21/h3-14,17H,15-16H2,1-2H3,(H,25,28). The van der Waals surface area contributed by atoms with Crippen molar-refractivity contribution in [2.75, 3.05) is 11.9 Å². The average Bonchev–Trinajstić information content (AvgIpc) is 3.32. The maximum absolute atomic E-state index is 12.6. The van der Waals surface area contributed by atoms with Crippen LogP contribution in [0.2, 0.25) is 0 Å². The van der Waals surface area contributed by atoms with E-state index in [1.165, 1.54) is 18.4 Å². The number of nitrogens with one attached hydrogen (secondary N) is 1. The fourth-order valence-electron chi connectivity index (χ4n) is 2.92. The second-order valence-electron chi connectivity index (χ2n) is 7.19. The van der Waals surface area contributed by atoms with E-state index in [9.17, 15) is 14.4 Å². The van der Waals surface area contributed by atoms with Crippen LogP contribution in [-0.4, -0.2) is 35.3 Å². The summed E-state index contributed by atoms with van der Waals surface area (Å²) >= 11 is 0. The zero-order valence-corrected chi connectivity index (χ0v) is 17.4. The fourth-order valence-corrected chi connectivity index (χ4v) is 2.92. The van der Waals surface area contributed by atoms with E-state index in [1.54, 1.807) is 29.2 Å². The van der Waals surface area contributed by atoms with Gasteiger partial charge in [-0.25, -0.2) is 4.79 Å². The topological polar surface area (TPSA) is 88.9 Å². The molecule has 3 rings (SSSR count). The third-order valence-corrected chi connectivity index (χ3v) is 4.59. The first-order chi connectivity index (χ1) is 14.9. The first-order valence-electron chi connectivity index (χ1n) is 9.89. The quantitative estimate of drug-likeness (QED) is 0.554. The van der Waals surface area contributed by atoms with Crippen molar-refractivity contribution in [2.45, 2.75) is 26.4 Å². The third kappa shape index (κ3) is 6.05. The van der Waals surface area contributed by atoms with Gasteiger partial charge in [0.1, 0.15) is 0 Å². The normalized spacial score (nSPS) is 10.5. The summed E-state index contributed by atoms with van der Waals surface area (Å²) in [4.78, 5) is 38.6. The van der Waals surface area contributed by atoms with Crippen LogP contribution in [0.5, 0.6) is 0 Å². The third-order valence-electron chi connectivity index (χ3n) is 4.59. The molecule has 0 spiro atoms. The number of esters is 1. The van der Waals surface area contributed by atoms with Gasteiger partial charge in [-0.1, -0.05) is 30.3 Å². The van der Waals surface area contributed by atoms with E-state index in [4.69, 9.17) is 9.15 Å². The molecular weight excluding hydrogens is 396 g/mol. The minimum Gasteiger partial charge on any atom is -0.459 e. The molecule has 2 aromatic carbocycles. The minimum absolute atomic E-state index is 0.0385. The van der Waals surface area contributed by atoms with Gasteiger partial charge in [-0.05, 0) is 55.8 Å². The Morgan fingerprint density at radius 1 is 0.968 bits per heavy atom. The molecule has 0 fully saturated rings.